The number of halogens is 1. The molecule has 28 heavy (non-hydrogen) atoms. The Morgan fingerprint density at radius 1 is 1.14 bits per heavy atom. The first-order valence-corrected chi connectivity index (χ1v) is 9.49. The number of aromatic nitrogens is 2. The van der Waals surface area contributed by atoms with E-state index < -0.39 is 0 Å². The third-order valence-electron chi connectivity index (χ3n) is 4.57. The predicted octanol–water partition coefficient (Wildman–Crippen LogP) is 5.27. The maximum atomic E-state index is 12.1. The van der Waals surface area contributed by atoms with E-state index in [1.807, 2.05) is 74.0 Å². The smallest absolute Gasteiger partial charge is 0.331 e. The van der Waals surface area contributed by atoms with Crippen LogP contribution >= 0.6 is 11.6 Å². The van der Waals surface area contributed by atoms with Crippen molar-refractivity contribution in [2.24, 2.45) is 0 Å². The molecule has 0 N–H and O–H groups in total. The molecule has 1 aromatic heterocycles. The summed E-state index contributed by atoms with van der Waals surface area (Å²) in [5, 5.41) is 5.30. The molecular weight excluding hydrogens is 372 g/mol. The zero-order valence-electron chi connectivity index (χ0n) is 16.3. The summed E-state index contributed by atoms with van der Waals surface area (Å²) in [5.74, 6) is -0.376. The molecular formula is C23H23ClN2O2. The van der Waals surface area contributed by atoms with Crippen LogP contribution in [0.4, 0.5) is 0 Å². The van der Waals surface area contributed by atoms with Crippen LogP contribution < -0.4 is 0 Å². The average molecular weight is 395 g/mol. The van der Waals surface area contributed by atoms with Crippen molar-refractivity contribution in [1.29, 1.82) is 0 Å². The van der Waals surface area contributed by atoms with Crippen LogP contribution in [0, 0.1) is 20.8 Å². The van der Waals surface area contributed by atoms with E-state index in [9.17, 15) is 4.79 Å². The lowest BCUT2D eigenvalue weighted by atomic mass is 10.1. The number of hydrogen-bond acceptors (Lipinski definition) is 3. The van der Waals surface area contributed by atoms with Crippen molar-refractivity contribution in [3.05, 3.63) is 93.3 Å². The van der Waals surface area contributed by atoms with Crippen molar-refractivity contribution < 1.29 is 9.53 Å². The SMILES string of the molecule is Cc1cccc(COC(=O)/C=C/c2c(C)nn(Cc3ccccc3Cl)c2C)c1. The van der Waals surface area contributed by atoms with Gasteiger partial charge in [-0.3, -0.25) is 4.68 Å². The van der Waals surface area contributed by atoms with E-state index in [4.69, 9.17) is 16.3 Å². The van der Waals surface area contributed by atoms with Crippen molar-refractivity contribution in [3.63, 3.8) is 0 Å². The van der Waals surface area contributed by atoms with Crippen LogP contribution in [0.5, 0.6) is 0 Å². The minimum Gasteiger partial charge on any atom is -0.458 e. The number of nitrogens with zero attached hydrogens (tertiary/aromatic N) is 2. The minimum absolute atomic E-state index is 0.259. The molecule has 0 radical (unpaired) electrons. The maximum absolute atomic E-state index is 12.1. The topological polar surface area (TPSA) is 44.1 Å². The quantitative estimate of drug-likeness (QED) is 0.422. The van der Waals surface area contributed by atoms with E-state index >= 15 is 0 Å². The van der Waals surface area contributed by atoms with E-state index in [0.717, 1.165) is 33.6 Å². The minimum atomic E-state index is -0.376. The lowest BCUT2D eigenvalue weighted by Crippen LogP contribution is -2.04. The first kappa shape index (κ1) is 19.9. The summed E-state index contributed by atoms with van der Waals surface area (Å²) in [4.78, 5) is 12.1. The number of aryl methyl sites for hydroxylation is 2. The number of carbonyl (C=O) groups excluding carboxylic acids is 1. The van der Waals surface area contributed by atoms with Crippen LogP contribution in [0.1, 0.15) is 33.6 Å². The van der Waals surface area contributed by atoms with Gasteiger partial charge >= 0.3 is 5.97 Å². The molecule has 0 spiro atoms. The lowest BCUT2D eigenvalue weighted by molar-refractivity contribution is -0.138. The lowest BCUT2D eigenvalue weighted by Gasteiger charge is -2.06. The van der Waals surface area contributed by atoms with Gasteiger partial charge in [0.1, 0.15) is 6.61 Å². The van der Waals surface area contributed by atoms with Crippen LogP contribution in [0.25, 0.3) is 6.08 Å². The molecule has 2 aromatic carbocycles. The first-order valence-electron chi connectivity index (χ1n) is 9.12. The third kappa shape index (κ3) is 4.90. The van der Waals surface area contributed by atoms with Gasteiger partial charge in [-0.2, -0.15) is 5.10 Å². The third-order valence-corrected chi connectivity index (χ3v) is 4.93. The molecule has 0 bridgehead atoms. The van der Waals surface area contributed by atoms with E-state index in [1.54, 1.807) is 6.08 Å². The van der Waals surface area contributed by atoms with Crippen molar-refractivity contribution >= 4 is 23.6 Å². The molecule has 4 nitrogen and oxygen atoms in total. The number of ether oxygens (including phenoxy) is 1. The van der Waals surface area contributed by atoms with Gasteiger partial charge in [0, 0.05) is 22.4 Å². The van der Waals surface area contributed by atoms with Crippen molar-refractivity contribution in [3.8, 4) is 0 Å². The number of esters is 1. The Labute approximate surface area is 170 Å². The van der Waals surface area contributed by atoms with Gasteiger partial charge in [-0.1, -0.05) is 59.6 Å². The van der Waals surface area contributed by atoms with Crippen molar-refractivity contribution in [2.45, 2.75) is 33.9 Å². The molecule has 0 aliphatic carbocycles. The summed E-state index contributed by atoms with van der Waals surface area (Å²) in [7, 11) is 0. The molecule has 0 saturated carbocycles. The normalized spacial score (nSPS) is 11.1. The second-order valence-electron chi connectivity index (χ2n) is 6.76. The van der Waals surface area contributed by atoms with E-state index in [-0.39, 0.29) is 12.6 Å². The van der Waals surface area contributed by atoms with Gasteiger partial charge < -0.3 is 4.74 Å². The standard InChI is InChI=1S/C23H23ClN2O2/c1-16-7-6-8-19(13-16)15-28-23(27)12-11-21-17(2)25-26(18(21)3)14-20-9-4-5-10-22(20)24/h4-13H,14-15H2,1-3H3/b12-11+. The molecule has 3 aromatic rings. The fourth-order valence-corrected chi connectivity index (χ4v) is 3.25. The average Bonchev–Trinajstić information content (AvgIpc) is 2.93. The fraction of sp³-hybridized carbons (Fsp3) is 0.217. The Morgan fingerprint density at radius 2 is 1.93 bits per heavy atom. The highest BCUT2D eigenvalue weighted by Gasteiger charge is 2.11. The Bertz CT molecular complexity index is 1020. The summed E-state index contributed by atoms with van der Waals surface area (Å²) in [6.07, 6.45) is 3.21. The summed E-state index contributed by atoms with van der Waals surface area (Å²) in [6, 6.07) is 15.6. The van der Waals surface area contributed by atoms with Gasteiger partial charge in [0.05, 0.1) is 12.2 Å². The largest absolute Gasteiger partial charge is 0.458 e. The molecule has 0 aliphatic rings. The maximum Gasteiger partial charge on any atom is 0.331 e. The van der Waals surface area contributed by atoms with Crippen LogP contribution in [0.3, 0.4) is 0 Å². The molecule has 3 rings (SSSR count). The summed E-state index contributed by atoms with van der Waals surface area (Å²) in [6.45, 7) is 6.76. The number of rotatable bonds is 6. The van der Waals surface area contributed by atoms with E-state index in [0.29, 0.717) is 11.6 Å². The molecule has 0 amide bonds. The molecule has 5 heteroatoms. The molecule has 0 fully saturated rings. The summed E-state index contributed by atoms with van der Waals surface area (Å²) in [5.41, 5.74) is 5.86. The Morgan fingerprint density at radius 3 is 2.68 bits per heavy atom. The van der Waals surface area contributed by atoms with Crippen molar-refractivity contribution in [2.75, 3.05) is 0 Å². The molecule has 144 valence electrons. The number of benzene rings is 2. The Balaban J connectivity index is 1.67. The number of carbonyl (C=O) groups is 1. The molecule has 0 saturated heterocycles. The van der Waals surface area contributed by atoms with Crippen LogP contribution in [0.2, 0.25) is 5.02 Å². The fourth-order valence-electron chi connectivity index (χ4n) is 3.05. The highest BCUT2D eigenvalue weighted by atomic mass is 35.5. The molecule has 1 heterocycles. The Kier molecular flexibility index (Phi) is 6.32. The molecule has 0 atom stereocenters. The number of hydrogen-bond donors (Lipinski definition) is 0. The van der Waals surface area contributed by atoms with Crippen LogP contribution in [0.15, 0.2) is 54.6 Å². The van der Waals surface area contributed by atoms with Gasteiger partial charge in [0.25, 0.3) is 0 Å². The monoisotopic (exact) mass is 394 g/mol. The van der Waals surface area contributed by atoms with Gasteiger partial charge in [0.15, 0.2) is 0 Å². The second kappa shape index (κ2) is 8.89. The van der Waals surface area contributed by atoms with E-state index in [2.05, 4.69) is 5.10 Å². The molecule has 0 unspecified atom stereocenters. The van der Waals surface area contributed by atoms with E-state index in [1.165, 1.54) is 6.08 Å². The van der Waals surface area contributed by atoms with Crippen LogP contribution in [-0.2, 0) is 22.7 Å². The highest BCUT2D eigenvalue weighted by molar-refractivity contribution is 6.31. The predicted molar refractivity (Wildman–Crippen MR) is 112 cm³/mol. The summed E-state index contributed by atoms with van der Waals surface area (Å²) >= 11 is 6.25. The van der Waals surface area contributed by atoms with Gasteiger partial charge in [-0.25, -0.2) is 4.79 Å². The Hall–Kier alpha value is -2.85. The van der Waals surface area contributed by atoms with Gasteiger partial charge in [-0.05, 0) is 44.0 Å². The van der Waals surface area contributed by atoms with Crippen molar-refractivity contribution in [1.82, 2.24) is 9.78 Å². The second-order valence-corrected chi connectivity index (χ2v) is 7.17. The zero-order valence-corrected chi connectivity index (χ0v) is 17.0. The summed E-state index contributed by atoms with van der Waals surface area (Å²) < 4.78 is 7.23. The molecule has 0 aliphatic heterocycles. The highest BCUT2D eigenvalue weighted by Crippen LogP contribution is 2.20. The first-order chi connectivity index (χ1) is 13.4. The van der Waals surface area contributed by atoms with Gasteiger partial charge in [0.2, 0.25) is 0 Å². The van der Waals surface area contributed by atoms with Gasteiger partial charge in [-0.15, -0.1) is 0 Å². The zero-order chi connectivity index (χ0) is 20.1. The van der Waals surface area contributed by atoms with Crippen LogP contribution in [-0.4, -0.2) is 15.7 Å².